The van der Waals surface area contributed by atoms with Crippen LogP contribution in [0.3, 0.4) is 0 Å². The van der Waals surface area contributed by atoms with Gasteiger partial charge in [0.05, 0.1) is 12.5 Å². The molecule has 0 spiro atoms. The number of aliphatic carboxylic acids is 2. The van der Waals surface area contributed by atoms with Gasteiger partial charge in [0.15, 0.2) is 0 Å². The van der Waals surface area contributed by atoms with Crippen molar-refractivity contribution in [2.45, 2.75) is 44.5 Å². The van der Waals surface area contributed by atoms with E-state index in [4.69, 9.17) is 21.1 Å². The molecule has 21 heavy (non-hydrogen) atoms. The third-order valence-corrected chi connectivity index (χ3v) is 2.56. The van der Waals surface area contributed by atoms with E-state index in [2.05, 4.69) is 5.32 Å². The molecule has 0 aliphatic rings. The summed E-state index contributed by atoms with van der Waals surface area (Å²) in [4.78, 5) is 44.7. The van der Waals surface area contributed by atoms with Gasteiger partial charge in [-0.2, -0.15) is 0 Å². The first-order valence-corrected chi connectivity index (χ1v) is 6.05. The Hall–Kier alpha value is -2.20. The first kappa shape index (κ1) is 18.8. The van der Waals surface area contributed by atoms with Gasteiger partial charge in [0.1, 0.15) is 18.1 Å². The number of carboxylic acid groups (broad SMARTS) is 2. The highest BCUT2D eigenvalue weighted by Gasteiger charge is 2.29. The quantitative estimate of drug-likeness (QED) is 0.279. The lowest BCUT2D eigenvalue weighted by Gasteiger charge is -2.21. The van der Waals surface area contributed by atoms with E-state index in [1.54, 1.807) is 0 Å². The number of aliphatic hydroxyl groups excluding tert-OH is 1. The molecule has 2 amide bonds. The topological polar surface area (TPSA) is 179 Å². The van der Waals surface area contributed by atoms with E-state index in [1.165, 1.54) is 13.8 Å². The first-order chi connectivity index (χ1) is 9.56. The van der Waals surface area contributed by atoms with Gasteiger partial charge in [-0.1, -0.05) is 0 Å². The summed E-state index contributed by atoms with van der Waals surface area (Å²) in [6.07, 6.45) is -1.95. The average Bonchev–Trinajstić information content (AvgIpc) is 2.35. The second-order valence-electron chi connectivity index (χ2n) is 4.49. The molecular formula is C11H19N3O7. The number of aliphatic hydroxyl groups is 1. The minimum atomic E-state index is -1.50. The molecule has 0 saturated carbocycles. The molecule has 0 rings (SSSR count). The highest BCUT2D eigenvalue weighted by molar-refractivity contribution is 5.93. The van der Waals surface area contributed by atoms with Crippen molar-refractivity contribution in [3.05, 3.63) is 0 Å². The van der Waals surface area contributed by atoms with Crippen LogP contribution < -0.4 is 16.4 Å². The summed E-state index contributed by atoms with van der Waals surface area (Å²) in [5, 5.41) is 30.6. The van der Waals surface area contributed by atoms with Crippen LogP contribution in [-0.2, 0) is 19.2 Å². The maximum atomic E-state index is 11.8. The van der Waals surface area contributed by atoms with Gasteiger partial charge in [0.25, 0.3) is 0 Å². The fourth-order valence-electron chi connectivity index (χ4n) is 1.25. The summed E-state index contributed by atoms with van der Waals surface area (Å²) in [6, 6.07) is -4.09. The van der Waals surface area contributed by atoms with Crippen LogP contribution in [0, 0.1) is 0 Å². The zero-order valence-corrected chi connectivity index (χ0v) is 11.6. The molecular weight excluding hydrogens is 286 g/mol. The molecule has 10 nitrogen and oxygen atoms in total. The zero-order valence-electron chi connectivity index (χ0n) is 11.6. The lowest BCUT2D eigenvalue weighted by atomic mass is 10.1. The Balaban J connectivity index is 4.87. The van der Waals surface area contributed by atoms with Crippen molar-refractivity contribution in [2.24, 2.45) is 5.73 Å². The Morgan fingerprint density at radius 3 is 1.95 bits per heavy atom. The number of carbonyl (C=O) groups is 4. The van der Waals surface area contributed by atoms with Crippen LogP contribution in [0.15, 0.2) is 0 Å². The second kappa shape index (κ2) is 8.17. The molecule has 0 bridgehead atoms. The molecule has 0 saturated heterocycles. The van der Waals surface area contributed by atoms with Crippen LogP contribution in [0.2, 0.25) is 0 Å². The molecule has 10 heteroatoms. The Kier molecular flexibility index (Phi) is 7.31. The number of hydrogen-bond acceptors (Lipinski definition) is 6. The van der Waals surface area contributed by atoms with Crippen LogP contribution in [0.5, 0.6) is 0 Å². The minimum absolute atomic E-state index is 0.754. The van der Waals surface area contributed by atoms with Gasteiger partial charge < -0.3 is 31.7 Å². The molecule has 0 aromatic carbocycles. The number of carbonyl (C=O) groups excluding carboxylic acids is 2. The summed E-state index contributed by atoms with van der Waals surface area (Å²) < 4.78 is 0. The molecule has 0 fully saturated rings. The van der Waals surface area contributed by atoms with Crippen molar-refractivity contribution in [3.8, 4) is 0 Å². The molecule has 0 unspecified atom stereocenters. The third kappa shape index (κ3) is 6.68. The van der Waals surface area contributed by atoms with Gasteiger partial charge >= 0.3 is 11.9 Å². The van der Waals surface area contributed by atoms with Crippen molar-refractivity contribution < 1.29 is 34.5 Å². The molecule has 7 N–H and O–H groups in total. The maximum absolute atomic E-state index is 11.8. The van der Waals surface area contributed by atoms with Gasteiger partial charge in [0, 0.05) is 0 Å². The standard InChI is InChI=1S/C11H19N3O7/c1-4(11(20)21)13-9(18)6(3-7(16)17)14-10(19)8(12)5(2)15/h4-6,8,15H,3,12H2,1-2H3,(H,13,18)(H,14,19)(H,16,17)(H,20,21)/t4-,5+,6-,8-/m0/s1. The van der Waals surface area contributed by atoms with E-state index >= 15 is 0 Å². The van der Waals surface area contributed by atoms with E-state index in [1.807, 2.05) is 5.32 Å². The number of hydrogen-bond donors (Lipinski definition) is 6. The Morgan fingerprint density at radius 1 is 1.05 bits per heavy atom. The Bertz CT molecular complexity index is 424. The van der Waals surface area contributed by atoms with Gasteiger partial charge in [0.2, 0.25) is 11.8 Å². The molecule has 0 aliphatic heterocycles. The van der Waals surface area contributed by atoms with E-state index in [0.29, 0.717) is 0 Å². The SMILES string of the molecule is C[C@H](NC(=O)[C@H](CC(=O)O)NC(=O)[C@@H](N)[C@@H](C)O)C(=O)O. The number of carboxylic acids is 2. The van der Waals surface area contributed by atoms with E-state index in [-0.39, 0.29) is 0 Å². The highest BCUT2D eigenvalue weighted by Crippen LogP contribution is 1.98. The number of rotatable bonds is 8. The molecule has 0 aromatic heterocycles. The predicted molar refractivity (Wildman–Crippen MR) is 69.1 cm³/mol. The summed E-state index contributed by atoms with van der Waals surface area (Å²) in [6.45, 7) is 2.43. The smallest absolute Gasteiger partial charge is 0.325 e. The van der Waals surface area contributed by atoms with E-state index < -0.39 is 54.4 Å². The fraction of sp³-hybridized carbons (Fsp3) is 0.636. The van der Waals surface area contributed by atoms with Crippen molar-refractivity contribution in [3.63, 3.8) is 0 Å². The normalized spacial score (nSPS) is 16.2. The van der Waals surface area contributed by atoms with Crippen LogP contribution in [0.1, 0.15) is 20.3 Å². The molecule has 0 radical (unpaired) electrons. The Labute approximate surface area is 120 Å². The van der Waals surface area contributed by atoms with Crippen LogP contribution in [0.25, 0.3) is 0 Å². The maximum Gasteiger partial charge on any atom is 0.325 e. The fourth-order valence-corrected chi connectivity index (χ4v) is 1.25. The molecule has 4 atom stereocenters. The largest absolute Gasteiger partial charge is 0.481 e. The summed E-state index contributed by atoms with van der Waals surface area (Å²) in [5.74, 6) is -4.58. The van der Waals surface area contributed by atoms with Crippen molar-refractivity contribution in [2.75, 3.05) is 0 Å². The van der Waals surface area contributed by atoms with Crippen molar-refractivity contribution in [1.29, 1.82) is 0 Å². The summed E-state index contributed by atoms with van der Waals surface area (Å²) in [7, 11) is 0. The van der Waals surface area contributed by atoms with Gasteiger partial charge in [-0.15, -0.1) is 0 Å². The van der Waals surface area contributed by atoms with Crippen LogP contribution in [-0.4, -0.2) is 63.3 Å². The first-order valence-electron chi connectivity index (χ1n) is 6.05. The average molecular weight is 305 g/mol. The van der Waals surface area contributed by atoms with E-state index in [0.717, 1.165) is 0 Å². The third-order valence-electron chi connectivity index (χ3n) is 2.56. The van der Waals surface area contributed by atoms with Crippen molar-refractivity contribution >= 4 is 23.8 Å². The molecule has 120 valence electrons. The molecule has 0 aromatic rings. The van der Waals surface area contributed by atoms with Crippen LogP contribution in [0.4, 0.5) is 0 Å². The lowest BCUT2D eigenvalue weighted by molar-refractivity contribution is -0.143. The predicted octanol–water partition coefficient (Wildman–Crippen LogP) is -2.76. The van der Waals surface area contributed by atoms with Crippen LogP contribution >= 0.6 is 0 Å². The highest BCUT2D eigenvalue weighted by atomic mass is 16.4. The van der Waals surface area contributed by atoms with Gasteiger partial charge in [-0.3, -0.25) is 19.2 Å². The van der Waals surface area contributed by atoms with Gasteiger partial charge in [-0.05, 0) is 13.8 Å². The van der Waals surface area contributed by atoms with Crippen molar-refractivity contribution in [1.82, 2.24) is 10.6 Å². The minimum Gasteiger partial charge on any atom is -0.481 e. The second-order valence-corrected chi connectivity index (χ2v) is 4.49. The Morgan fingerprint density at radius 2 is 1.57 bits per heavy atom. The lowest BCUT2D eigenvalue weighted by Crippen LogP contribution is -2.56. The zero-order chi connectivity index (χ0) is 16.7. The number of nitrogens with one attached hydrogen (secondary N) is 2. The molecule has 0 heterocycles. The number of nitrogens with two attached hydrogens (primary N) is 1. The molecule has 0 aliphatic carbocycles. The van der Waals surface area contributed by atoms with Gasteiger partial charge in [-0.25, -0.2) is 0 Å². The summed E-state index contributed by atoms with van der Waals surface area (Å²) in [5.41, 5.74) is 5.35. The monoisotopic (exact) mass is 305 g/mol. The van der Waals surface area contributed by atoms with E-state index in [9.17, 15) is 19.2 Å². The number of amides is 2. The summed E-state index contributed by atoms with van der Waals surface area (Å²) >= 11 is 0.